The molecule has 1 atom stereocenters. The number of aromatic amines is 1. The Bertz CT molecular complexity index is 1160. The number of benzene rings is 2. The van der Waals surface area contributed by atoms with E-state index >= 15 is 0 Å². The molecule has 2 aromatic carbocycles. The number of imidazole rings is 1. The summed E-state index contributed by atoms with van der Waals surface area (Å²) < 4.78 is 10.5. The van der Waals surface area contributed by atoms with E-state index < -0.39 is 0 Å². The van der Waals surface area contributed by atoms with Gasteiger partial charge in [0.25, 0.3) is 0 Å². The van der Waals surface area contributed by atoms with Crippen LogP contribution in [0, 0.1) is 0 Å². The fourth-order valence-corrected chi connectivity index (χ4v) is 4.05. The molecule has 3 heterocycles. The van der Waals surface area contributed by atoms with Crippen LogP contribution in [0.3, 0.4) is 0 Å². The Kier molecular flexibility index (Phi) is 5.11. The Balaban J connectivity index is 1.24. The largest absolute Gasteiger partial charge is 0.497 e. The molecule has 1 aliphatic rings. The Morgan fingerprint density at radius 3 is 2.84 bits per heavy atom. The predicted octanol–water partition coefficient (Wildman–Crippen LogP) is 3.92. The molecule has 0 radical (unpaired) electrons. The number of ether oxygens (including phenoxy) is 1. The molecule has 0 bridgehead atoms. The van der Waals surface area contributed by atoms with Gasteiger partial charge in [-0.05, 0) is 49.2 Å². The summed E-state index contributed by atoms with van der Waals surface area (Å²) >= 11 is 0. The van der Waals surface area contributed by atoms with Gasteiger partial charge in [-0.3, -0.25) is 4.79 Å². The van der Waals surface area contributed by atoms with Crippen LogP contribution in [0.2, 0.25) is 0 Å². The molecule has 2 aromatic heterocycles. The van der Waals surface area contributed by atoms with E-state index in [0.29, 0.717) is 24.6 Å². The average Bonchev–Trinajstić information content (AvgIpc) is 3.56. The standard InChI is InChI=1S/C23H23N5O3/c1-30-16-10-8-15(9-11-16)22-26-20(31-27-22)12-13-21(29)28-14-4-7-19(28)23-24-17-5-2-3-6-18(17)25-23/h2-3,5-6,8-11,19H,4,7,12-14H2,1H3,(H,24,25). The summed E-state index contributed by atoms with van der Waals surface area (Å²) in [6.45, 7) is 0.738. The summed E-state index contributed by atoms with van der Waals surface area (Å²) in [5.41, 5.74) is 2.76. The van der Waals surface area contributed by atoms with E-state index in [0.717, 1.165) is 47.6 Å². The van der Waals surface area contributed by atoms with Crippen molar-refractivity contribution in [1.29, 1.82) is 0 Å². The van der Waals surface area contributed by atoms with Gasteiger partial charge >= 0.3 is 0 Å². The van der Waals surface area contributed by atoms with Crippen molar-refractivity contribution in [3.63, 3.8) is 0 Å². The lowest BCUT2D eigenvalue weighted by Crippen LogP contribution is -2.31. The first-order valence-electron chi connectivity index (χ1n) is 10.4. The third kappa shape index (κ3) is 3.88. The minimum Gasteiger partial charge on any atom is -0.497 e. The second-order valence-corrected chi connectivity index (χ2v) is 7.62. The van der Waals surface area contributed by atoms with Crippen LogP contribution in [0.5, 0.6) is 5.75 Å². The molecule has 1 N–H and O–H groups in total. The number of amides is 1. The fourth-order valence-electron chi connectivity index (χ4n) is 4.05. The molecule has 1 saturated heterocycles. The van der Waals surface area contributed by atoms with E-state index in [1.165, 1.54) is 0 Å². The van der Waals surface area contributed by atoms with Crippen LogP contribution in [-0.4, -0.2) is 44.6 Å². The number of nitrogens with zero attached hydrogens (tertiary/aromatic N) is 4. The maximum atomic E-state index is 12.9. The molecule has 31 heavy (non-hydrogen) atoms. The summed E-state index contributed by atoms with van der Waals surface area (Å²) in [4.78, 5) is 27.4. The van der Waals surface area contributed by atoms with Crippen LogP contribution >= 0.6 is 0 Å². The van der Waals surface area contributed by atoms with Gasteiger partial charge < -0.3 is 19.1 Å². The Hall–Kier alpha value is -3.68. The van der Waals surface area contributed by atoms with Crippen LogP contribution in [0.1, 0.15) is 37.0 Å². The monoisotopic (exact) mass is 417 g/mol. The van der Waals surface area contributed by atoms with Crippen molar-refractivity contribution in [3.8, 4) is 17.1 Å². The minimum absolute atomic E-state index is 0.0163. The van der Waals surface area contributed by atoms with E-state index in [2.05, 4.69) is 15.1 Å². The number of hydrogen-bond donors (Lipinski definition) is 1. The third-order valence-corrected chi connectivity index (χ3v) is 5.67. The molecular weight excluding hydrogens is 394 g/mol. The molecule has 4 aromatic rings. The van der Waals surface area contributed by atoms with Gasteiger partial charge in [-0.2, -0.15) is 4.98 Å². The van der Waals surface area contributed by atoms with Crippen molar-refractivity contribution >= 4 is 16.9 Å². The molecule has 1 fully saturated rings. The quantitative estimate of drug-likeness (QED) is 0.511. The lowest BCUT2D eigenvalue weighted by molar-refractivity contribution is -0.132. The fraction of sp³-hybridized carbons (Fsp3) is 0.304. The number of methoxy groups -OCH3 is 1. The Morgan fingerprint density at radius 2 is 2.03 bits per heavy atom. The number of hydrogen-bond acceptors (Lipinski definition) is 6. The van der Waals surface area contributed by atoms with Crippen molar-refractivity contribution in [2.45, 2.75) is 31.7 Å². The zero-order valence-corrected chi connectivity index (χ0v) is 17.2. The molecule has 8 nitrogen and oxygen atoms in total. The highest BCUT2D eigenvalue weighted by Gasteiger charge is 2.32. The molecule has 5 rings (SSSR count). The predicted molar refractivity (Wildman–Crippen MR) is 114 cm³/mol. The highest BCUT2D eigenvalue weighted by atomic mass is 16.5. The maximum Gasteiger partial charge on any atom is 0.227 e. The number of H-pyrrole nitrogens is 1. The van der Waals surface area contributed by atoms with Crippen LogP contribution < -0.4 is 4.74 Å². The number of likely N-dealkylation sites (tertiary alicyclic amines) is 1. The van der Waals surface area contributed by atoms with Gasteiger partial charge in [0.2, 0.25) is 17.6 Å². The SMILES string of the molecule is COc1ccc(-c2noc(CCC(=O)N3CCCC3c3nc4ccccc4[nH]3)n2)cc1. The van der Waals surface area contributed by atoms with E-state index in [1.807, 2.05) is 53.4 Å². The number of carbonyl (C=O) groups excluding carboxylic acids is 1. The van der Waals surface area contributed by atoms with Gasteiger partial charge in [0.15, 0.2) is 0 Å². The van der Waals surface area contributed by atoms with Gasteiger partial charge in [-0.15, -0.1) is 0 Å². The Morgan fingerprint density at radius 1 is 1.19 bits per heavy atom. The summed E-state index contributed by atoms with van der Waals surface area (Å²) in [7, 11) is 1.62. The molecule has 1 amide bonds. The molecule has 8 heteroatoms. The lowest BCUT2D eigenvalue weighted by Gasteiger charge is -2.23. The van der Waals surface area contributed by atoms with Gasteiger partial charge in [-0.1, -0.05) is 17.3 Å². The van der Waals surface area contributed by atoms with Crippen LogP contribution in [0.15, 0.2) is 53.1 Å². The maximum absolute atomic E-state index is 12.9. The van der Waals surface area contributed by atoms with Crippen LogP contribution in [-0.2, 0) is 11.2 Å². The third-order valence-electron chi connectivity index (χ3n) is 5.67. The van der Waals surface area contributed by atoms with Crippen LogP contribution in [0.4, 0.5) is 0 Å². The minimum atomic E-state index is -0.0163. The molecule has 0 aliphatic carbocycles. The van der Waals surface area contributed by atoms with E-state index in [4.69, 9.17) is 14.2 Å². The number of aromatic nitrogens is 4. The first kappa shape index (κ1) is 19.3. The smallest absolute Gasteiger partial charge is 0.227 e. The zero-order valence-electron chi connectivity index (χ0n) is 17.2. The Labute approximate surface area is 179 Å². The zero-order chi connectivity index (χ0) is 21.2. The van der Waals surface area contributed by atoms with Gasteiger partial charge in [0.05, 0.1) is 24.2 Å². The van der Waals surface area contributed by atoms with Crippen molar-refractivity contribution < 1.29 is 14.1 Å². The van der Waals surface area contributed by atoms with Crippen LogP contribution in [0.25, 0.3) is 22.4 Å². The number of aryl methyl sites for hydroxylation is 1. The second kappa shape index (κ2) is 8.22. The van der Waals surface area contributed by atoms with Crippen molar-refractivity contribution in [2.75, 3.05) is 13.7 Å². The first-order chi connectivity index (χ1) is 15.2. The molecular formula is C23H23N5O3. The molecule has 1 unspecified atom stereocenters. The number of fused-ring (bicyclic) bond motifs is 1. The highest BCUT2D eigenvalue weighted by Crippen LogP contribution is 2.32. The van der Waals surface area contributed by atoms with Gasteiger partial charge in [0.1, 0.15) is 11.6 Å². The number of nitrogens with one attached hydrogen (secondary N) is 1. The second-order valence-electron chi connectivity index (χ2n) is 7.62. The number of carbonyl (C=O) groups is 1. The average molecular weight is 417 g/mol. The lowest BCUT2D eigenvalue weighted by atomic mass is 10.2. The van der Waals surface area contributed by atoms with Crippen molar-refractivity contribution in [2.24, 2.45) is 0 Å². The molecule has 0 spiro atoms. The van der Waals surface area contributed by atoms with E-state index in [9.17, 15) is 4.79 Å². The summed E-state index contributed by atoms with van der Waals surface area (Å²) in [6.07, 6.45) is 2.61. The number of rotatable bonds is 6. The highest BCUT2D eigenvalue weighted by molar-refractivity contribution is 5.78. The van der Waals surface area contributed by atoms with Gasteiger partial charge in [0, 0.05) is 24.9 Å². The number of para-hydroxylation sites is 2. The molecule has 158 valence electrons. The topological polar surface area (TPSA) is 97.1 Å². The van der Waals surface area contributed by atoms with Gasteiger partial charge in [-0.25, -0.2) is 4.98 Å². The summed E-state index contributed by atoms with van der Waals surface area (Å²) in [5, 5.41) is 4.04. The summed E-state index contributed by atoms with van der Waals surface area (Å²) in [5.74, 6) is 2.66. The molecule has 1 aliphatic heterocycles. The first-order valence-corrected chi connectivity index (χ1v) is 10.4. The van der Waals surface area contributed by atoms with Crippen molar-refractivity contribution in [1.82, 2.24) is 25.0 Å². The molecule has 0 saturated carbocycles. The normalized spacial score (nSPS) is 16.2. The van der Waals surface area contributed by atoms with E-state index in [1.54, 1.807) is 7.11 Å². The van der Waals surface area contributed by atoms with Crippen molar-refractivity contribution in [3.05, 3.63) is 60.2 Å². The summed E-state index contributed by atoms with van der Waals surface area (Å²) in [6, 6.07) is 15.4. The van der Waals surface area contributed by atoms with E-state index in [-0.39, 0.29) is 11.9 Å².